The average Bonchev–Trinajstić information content (AvgIpc) is 2.43. The van der Waals surface area contributed by atoms with E-state index in [4.69, 9.17) is 4.74 Å². The molecule has 1 fully saturated rings. The molecule has 14 heavy (non-hydrogen) atoms. The maximum Gasteiger partial charge on any atom is 0.119 e. The normalized spacial score (nSPS) is 26.6. The zero-order valence-corrected chi connectivity index (χ0v) is 9.76. The van der Waals surface area contributed by atoms with Gasteiger partial charge in [-0.25, -0.2) is 0 Å². The Hall–Kier alpha value is -0.430. The quantitative estimate of drug-likeness (QED) is 0.659. The molecule has 0 amide bonds. The van der Waals surface area contributed by atoms with E-state index in [1.165, 1.54) is 5.56 Å². The Bertz CT molecular complexity index is 312. The summed E-state index contributed by atoms with van der Waals surface area (Å²) < 4.78 is 8.11. The summed E-state index contributed by atoms with van der Waals surface area (Å²) in [5, 5.41) is 0. The van der Waals surface area contributed by atoms with Gasteiger partial charge in [0.25, 0.3) is 0 Å². The van der Waals surface area contributed by atoms with Crippen LogP contribution < -0.4 is 0 Å². The third-order valence-corrected chi connectivity index (χ3v) is 3.49. The molecule has 1 aromatic carbocycles. The highest BCUT2D eigenvalue weighted by atomic mass is 31.0. The fourth-order valence-electron chi connectivity index (χ4n) is 1.69. The zero-order chi connectivity index (χ0) is 10.2. The number of benzene rings is 1. The molecule has 0 radical (unpaired) electrons. The second-order valence-electron chi connectivity index (χ2n) is 4.12. The van der Waals surface area contributed by atoms with Gasteiger partial charge in [0.2, 0.25) is 0 Å². The number of nitrogens with zero attached hydrogens (tertiary/aromatic N) is 1. The molecule has 0 spiro atoms. The fraction of sp³-hybridized carbons (Fsp3) is 0.455. The summed E-state index contributed by atoms with van der Waals surface area (Å²) in [6.45, 7) is 5.10. The Morgan fingerprint density at radius 1 is 1.36 bits per heavy atom. The van der Waals surface area contributed by atoms with Gasteiger partial charge in [0.15, 0.2) is 0 Å². The predicted octanol–water partition coefficient (Wildman–Crippen LogP) is 2.59. The average molecular weight is 209 g/mol. The molecule has 2 atom stereocenters. The van der Waals surface area contributed by atoms with E-state index in [0.29, 0.717) is 0 Å². The van der Waals surface area contributed by atoms with E-state index in [0.717, 1.165) is 6.54 Å². The summed E-state index contributed by atoms with van der Waals surface area (Å²) in [6.07, 6.45) is 0.198. The van der Waals surface area contributed by atoms with Crippen molar-refractivity contribution in [1.82, 2.24) is 4.67 Å². The standard InChI is InChI=1S/C11H16NOP/c1-11(2)12(14)8-10(13-11)9-6-4-3-5-7-9/h3-7,10H,8,14H2,1-2H3/t10-/m0/s1. The Morgan fingerprint density at radius 3 is 2.50 bits per heavy atom. The highest BCUT2D eigenvalue weighted by Gasteiger charge is 2.37. The first-order chi connectivity index (χ1) is 6.59. The van der Waals surface area contributed by atoms with Gasteiger partial charge in [-0.1, -0.05) is 39.7 Å². The van der Waals surface area contributed by atoms with Crippen LogP contribution in [0.25, 0.3) is 0 Å². The maximum absolute atomic E-state index is 5.95. The van der Waals surface area contributed by atoms with Crippen LogP contribution in [0.1, 0.15) is 25.5 Å². The molecule has 1 unspecified atom stereocenters. The molecular formula is C11H16NOP. The first-order valence-corrected chi connectivity index (χ1v) is 5.36. The molecule has 76 valence electrons. The third-order valence-electron chi connectivity index (χ3n) is 2.66. The van der Waals surface area contributed by atoms with Gasteiger partial charge < -0.3 is 4.74 Å². The first kappa shape index (κ1) is 10.1. The van der Waals surface area contributed by atoms with Gasteiger partial charge in [0.1, 0.15) is 5.72 Å². The first-order valence-electron chi connectivity index (χ1n) is 4.85. The van der Waals surface area contributed by atoms with Crippen molar-refractivity contribution >= 4 is 9.39 Å². The number of ether oxygens (including phenoxy) is 1. The van der Waals surface area contributed by atoms with Crippen molar-refractivity contribution in [3.63, 3.8) is 0 Å². The van der Waals surface area contributed by atoms with Gasteiger partial charge in [0, 0.05) is 6.54 Å². The summed E-state index contributed by atoms with van der Waals surface area (Å²) in [7, 11) is 2.72. The Labute approximate surface area is 87.5 Å². The summed E-state index contributed by atoms with van der Waals surface area (Å²) >= 11 is 0. The van der Waals surface area contributed by atoms with Crippen LogP contribution in [0.5, 0.6) is 0 Å². The van der Waals surface area contributed by atoms with E-state index in [2.05, 4.69) is 52.2 Å². The SMILES string of the molecule is CC1(C)O[C@H](c2ccccc2)CN1P. The van der Waals surface area contributed by atoms with Crippen LogP contribution in [0.3, 0.4) is 0 Å². The van der Waals surface area contributed by atoms with Crippen LogP contribution in [0.2, 0.25) is 0 Å². The summed E-state index contributed by atoms with van der Waals surface area (Å²) in [4.78, 5) is 0. The van der Waals surface area contributed by atoms with Crippen molar-refractivity contribution in [3.05, 3.63) is 35.9 Å². The molecule has 1 aliphatic rings. The molecule has 1 aliphatic heterocycles. The van der Waals surface area contributed by atoms with Crippen molar-refractivity contribution in [1.29, 1.82) is 0 Å². The second kappa shape index (κ2) is 3.62. The molecule has 1 aromatic rings. The Balaban J connectivity index is 2.17. The summed E-state index contributed by atoms with van der Waals surface area (Å²) in [5.41, 5.74) is 1.08. The molecule has 0 aliphatic carbocycles. The summed E-state index contributed by atoms with van der Waals surface area (Å²) in [6, 6.07) is 10.4. The topological polar surface area (TPSA) is 12.5 Å². The van der Waals surface area contributed by atoms with Crippen molar-refractivity contribution in [2.45, 2.75) is 25.7 Å². The van der Waals surface area contributed by atoms with Gasteiger partial charge in [-0.2, -0.15) is 0 Å². The molecule has 1 saturated heterocycles. The highest BCUT2D eigenvalue weighted by Crippen LogP contribution is 2.37. The van der Waals surface area contributed by atoms with Gasteiger partial charge >= 0.3 is 0 Å². The largest absolute Gasteiger partial charge is 0.351 e. The molecule has 1 heterocycles. The zero-order valence-electron chi connectivity index (χ0n) is 8.60. The monoisotopic (exact) mass is 209 g/mol. The summed E-state index contributed by atoms with van der Waals surface area (Å²) in [5.74, 6) is 0. The van der Waals surface area contributed by atoms with E-state index in [-0.39, 0.29) is 11.8 Å². The van der Waals surface area contributed by atoms with E-state index >= 15 is 0 Å². The molecule has 0 bridgehead atoms. The molecule has 0 aromatic heterocycles. The van der Waals surface area contributed by atoms with E-state index < -0.39 is 0 Å². The lowest BCUT2D eigenvalue weighted by molar-refractivity contribution is -0.0486. The van der Waals surface area contributed by atoms with Crippen LogP contribution in [-0.2, 0) is 4.74 Å². The van der Waals surface area contributed by atoms with E-state index in [1.807, 2.05) is 6.07 Å². The van der Waals surface area contributed by atoms with Crippen LogP contribution in [0.4, 0.5) is 0 Å². The van der Waals surface area contributed by atoms with Crippen LogP contribution >= 0.6 is 9.39 Å². The highest BCUT2D eigenvalue weighted by molar-refractivity contribution is 7.13. The molecule has 2 nitrogen and oxygen atoms in total. The lowest BCUT2D eigenvalue weighted by atomic mass is 10.1. The molecule has 0 saturated carbocycles. The molecule has 3 heteroatoms. The minimum absolute atomic E-state index is 0.175. The molecule has 2 rings (SSSR count). The predicted molar refractivity (Wildman–Crippen MR) is 60.8 cm³/mol. The number of hydrogen-bond acceptors (Lipinski definition) is 2. The lowest BCUT2D eigenvalue weighted by Crippen LogP contribution is -2.31. The number of hydrogen-bond donors (Lipinski definition) is 0. The fourth-order valence-corrected chi connectivity index (χ4v) is 1.95. The van der Waals surface area contributed by atoms with E-state index in [1.54, 1.807) is 0 Å². The van der Waals surface area contributed by atoms with Crippen molar-refractivity contribution < 1.29 is 4.74 Å². The van der Waals surface area contributed by atoms with Crippen molar-refractivity contribution in [2.75, 3.05) is 6.54 Å². The van der Waals surface area contributed by atoms with Gasteiger partial charge in [-0.15, -0.1) is 0 Å². The van der Waals surface area contributed by atoms with Gasteiger partial charge in [-0.3, -0.25) is 4.67 Å². The van der Waals surface area contributed by atoms with Crippen LogP contribution in [0, 0.1) is 0 Å². The van der Waals surface area contributed by atoms with Crippen molar-refractivity contribution in [3.8, 4) is 0 Å². The third kappa shape index (κ3) is 1.83. The molecule has 0 N–H and O–H groups in total. The smallest absolute Gasteiger partial charge is 0.119 e. The second-order valence-corrected chi connectivity index (χ2v) is 4.74. The van der Waals surface area contributed by atoms with E-state index in [9.17, 15) is 0 Å². The van der Waals surface area contributed by atoms with Gasteiger partial charge in [0.05, 0.1) is 6.10 Å². The lowest BCUT2D eigenvalue weighted by Gasteiger charge is -2.25. The van der Waals surface area contributed by atoms with Crippen LogP contribution in [-0.4, -0.2) is 16.9 Å². The minimum atomic E-state index is -0.175. The minimum Gasteiger partial charge on any atom is -0.351 e. The number of rotatable bonds is 1. The Morgan fingerprint density at radius 2 is 2.00 bits per heavy atom. The maximum atomic E-state index is 5.95. The van der Waals surface area contributed by atoms with Gasteiger partial charge in [-0.05, 0) is 19.4 Å². The van der Waals surface area contributed by atoms with Crippen LogP contribution in [0.15, 0.2) is 30.3 Å². The Kier molecular flexibility index (Phi) is 2.61. The van der Waals surface area contributed by atoms with Crippen molar-refractivity contribution in [2.24, 2.45) is 0 Å². The molecular weight excluding hydrogens is 193 g/mol.